The fraction of sp³-hybridized carbons (Fsp3) is 0.663. The van der Waals surface area contributed by atoms with E-state index in [1.54, 1.807) is 0 Å². The zero-order valence-electron chi connectivity index (χ0n) is 67.5. The third-order valence-corrected chi connectivity index (χ3v) is 18.9. The smallest absolute Gasteiger partial charge is 0.462 e. The second-order valence-electron chi connectivity index (χ2n) is 27.3. The quantitative estimate of drug-likeness (QED) is 0.0169. The molecule has 0 aliphatic rings. The van der Waals surface area contributed by atoms with Crippen LogP contribution in [0.25, 0.3) is 0 Å². The Labute approximate surface area is 655 Å². The summed E-state index contributed by atoms with van der Waals surface area (Å²) >= 11 is 0. The molecule has 616 valence electrons. The van der Waals surface area contributed by atoms with Gasteiger partial charge in [-0.05, 0) is 173 Å². The number of hydrogen-bond acceptors (Lipinski definition) is 15. The van der Waals surface area contributed by atoms with Gasteiger partial charge in [0.15, 0.2) is 12.2 Å². The van der Waals surface area contributed by atoms with Crippen molar-refractivity contribution < 1.29 is 80.2 Å². The average molecular weight is 1550 g/mol. The molecule has 0 rings (SSSR count). The summed E-state index contributed by atoms with van der Waals surface area (Å²) in [6.07, 6.45) is 93.5. The van der Waals surface area contributed by atoms with Crippen LogP contribution in [0.4, 0.5) is 0 Å². The van der Waals surface area contributed by atoms with Crippen LogP contribution in [-0.4, -0.2) is 96.7 Å². The predicted octanol–water partition coefficient (Wildman–Crippen LogP) is 24.8. The first-order valence-electron chi connectivity index (χ1n) is 41.7. The summed E-state index contributed by atoms with van der Waals surface area (Å²) in [5, 5.41) is 10.7. The molecular weight excluding hydrogens is 1400 g/mol. The normalized spacial score (nSPS) is 14.6. The summed E-state index contributed by atoms with van der Waals surface area (Å²) in [7, 11) is -10.00. The molecule has 5 unspecified atom stereocenters. The van der Waals surface area contributed by atoms with Gasteiger partial charge in [0.1, 0.15) is 19.3 Å². The fourth-order valence-corrected chi connectivity index (χ4v) is 12.2. The molecule has 5 atom stereocenters. The monoisotopic (exact) mass is 1550 g/mol. The molecule has 0 aliphatic carbocycles. The lowest BCUT2D eigenvalue weighted by Crippen LogP contribution is -2.30. The highest BCUT2D eigenvalue weighted by Gasteiger charge is 2.30. The third kappa shape index (κ3) is 78.8. The lowest BCUT2D eigenvalue weighted by Gasteiger charge is -2.21. The van der Waals surface area contributed by atoms with Crippen molar-refractivity contribution in [1.82, 2.24) is 0 Å². The predicted molar refractivity (Wildman–Crippen MR) is 445 cm³/mol. The second kappa shape index (κ2) is 79.8. The van der Waals surface area contributed by atoms with Gasteiger partial charge in [0.25, 0.3) is 0 Å². The highest BCUT2D eigenvalue weighted by atomic mass is 31.2. The van der Waals surface area contributed by atoms with Crippen molar-refractivity contribution in [2.45, 2.75) is 341 Å². The van der Waals surface area contributed by atoms with Gasteiger partial charge >= 0.3 is 39.5 Å². The van der Waals surface area contributed by atoms with Crippen LogP contribution in [0.1, 0.15) is 323 Å². The molecule has 0 amide bonds. The van der Waals surface area contributed by atoms with Crippen molar-refractivity contribution in [3.8, 4) is 0 Å². The van der Waals surface area contributed by atoms with E-state index in [4.69, 9.17) is 37.0 Å². The van der Waals surface area contributed by atoms with Gasteiger partial charge in [-0.3, -0.25) is 37.3 Å². The minimum Gasteiger partial charge on any atom is -0.462 e. The molecule has 3 N–H and O–H groups in total. The van der Waals surface area contributed by atoms with E-state index < -0.39 is 97.5 Å². The molecule has 0 aromatic rings. The summed E-state index contributed by atoms with van der Waals surface area (Å²) in [5.74, 6) is -2.27. The van der Waals surface area contributed by atoms with Crippen LogP contribution in [0.3, 0.4) is 0 Å². The number of hydrogen-bond donors (Lipinski definition) is 3. The molecule has 0 bridgehead atoms. The van der Waals surface area contributed by atoms with Crippen molar-refractivity contribution in [2.24, 2.45) is 0 Å². The number of unbranched alkanes of at least 4 members (excludes halogenated alkanes) is 25. The molecule has 108 heavy (non-hydrogen) atoms. The Balaban J connectivity index is 5.45. The number of ether oxygens (including phenoxy) is 4. The number of carbonyl (C=O) groups is 4. The number of phosphoric ester groups is 2. The largest absolute Gasteiger partial charge is 0.472 e. The molecular formula is C89H148O17P2. The first-order chi connectivity index (χ1) is 52.7. The lowest BCUT2D eigenvalue weighted by molar-refractivity contribution is -0.161. The Hall–Kier alpha value is -5.32. The molecule has 0 heterocycles. The zero-order chi connectivity index (χ0) is 78.9. The Bertz CT molecular complexity index is 2660. The highest BCUT2D eigenvalue weighted by Crippen LogP contribution is 2.45. The maximum Gasteiger partial charge on any atom is 0.472 e. The van der Waals surface area contributed by atoms with E-state index >= 15 is 0 Å². The molecule has 0 saturated carbocycles. The summed E-state index contributed by atoms with van der Waals surface area (Å²) < 4.78 is 68.7. The third-order valence-electron chi connectivity index (χ3n) is 17.0. The zero-order valence-corrected chi connectivity index (χ0v) is 69.3. The molecule has 19 heteroatoms. The van der Waals surface area contributed by atoms with Crippen LogP contribution < -0.4 is 0 Å². The van der Waals surface area contributed by atoms with Crippen molar-refractivity contribution in [3.05, 3.63) is 158 Å². The fourth-order valence-electron chi connectivity index (χ4n) is 10.7. The van der Waals surface area contributed by atoms with Crippen LogP contribution in [0.2, 0.25) is 0 Å². The minimum absolute atomic E-state index is 0.0651. The number of aliphatic hydroxyl groups is 1. The number of allylic oxidation sites excluding steroid dienone is 26. The highest BCUT2D eigenvalue weighted by molar-refractivity contribution is 7.47. The Morgan fingerprint density at radius 2 is 0.481 bits per heavy atom. The topological polar surface area (TPSA) is 237 Å². The van der Waals surface area contributed by atoms with Gasteiger partial charge in [0, 0.05) is 25.7 Å². The first-order valence-corrected chi connectivity index (χ1v) is 44.7. The minimum atomic E-state index is -5.00. The number of esters is 4. The van der Waals surface area contributed by atoms with Gasteiger partial charge in [0.05, 0.1) is 26.4 Å². The maximum absolute atomic E-state index is 13.1. The van der Waals surface area contributed by atoms with Crippen molar-refractivity contribution in [3.63, 3.8) is 0 Å². The lowest BCUT2D eigenvalue weighted by atomic mass is 10.1. The molecule has 0 aromatic carbocycles. The Morgan fingerprint density at radius 3 is 0.759 bits per heavy atom. The van der Waals surface area contributed by atoms with Crippen LogP contribution in [-0.2, 0) is 65.4 Å². The molecule has 17 nitrogen and oxygen atoms in total. The SMILES string of the molecule is CC/C=C\C/C=C\C/C=C\C/C=C\CCCCCCCCC(=O)OCC(COP(=O)(O)OCC(O)COP(=O)(O)OCC(COC(=O)CCCC/C=C\C/C=C\C/C=C\C/C=C\CC)OC(=O)CCCCCCC/C=C\C/C=C\CCCCC)OC(=O)CCCCCCCC/C=C\C/C=C\C/C=C\CCCCC. The Morgan fingerprint density at radius 1 is 0.269 bits per heavy atom. The van der Waals surface area contributed by atoms with Crippen LogP contribution in [0.15, 0.2) is 158 Å². The van der Waals surface area contributed by atoms with E-state index in [2.05, 4.69) is 186 Å². The molecule has 0 radical (unpaired) electrons. The van der Waals surface area contributed by atoms with E-state index in [0.29, 0.717) is 25.7 Å². The maximum atomic E-state index is 13.1. The van der Waals surface area contributed by atoms with Crippen molar-refractivity contribution in [1.29, 1.82) is 0 Å². The van der Waals surface area contributed by atoms with E-state index in [9.17, 15) is 43.2 Å². The van der Waals surface area contributed by atoms with Gasteiger partial charge in [0.2, 0.25) is 0 Å². The molecule has 0 spiro atoms. The molecule has 0 aromatic heterocycles. The number of phosphoric acid groups is 2. The molecule has 0 aliphatic heterocycles. The first kappa shape index (κ1) is 103. The molecule has 0 fully saturated rings. The van der Waals surface area contributed by atoms with Crippen molar-refractivity contribution >= 4 is 39.5 Å². The summed E-state index contributed by atoms with van der Waals surface area (Å²) in [4.78, 5) is 73.2. The van der Waals surface area contributed by atoms with Crippen molar-refractivity contribution in [2.75, 3.05) is 39.6 Å². The summed E-state index contributed by atoms with van der Waals surface area (Å²) in [6.45, 7) is 4.51. The van der Waals surface area contributed by atoms with Crippen LogP contribution >= 0.6 is 15.6 Å². The number of rotatable bonds is 77. The van der Waals surface area contributed by atoms with Gasteiger partial charge in [-0.2, -0.15) is 0 Å². The van der Waals surface area contributed by atoms with E-state index in [-0.39, 0.29) is 25.7 Å². The van der Waals surface area contributed by atoms with Crippen LogP contribution in [0, 0.1) is 0 Å². The Kier molecular flexibility index (Phi) is 75.8. The van der Waals surface area contributed by atoms with Gasteiger partial charge < -0.3 is 33.8 Å². The number of carbonyl (C=O) groups excluding carboxylic acids is 4. The standard InChI is InChI=1S/C89H148O17P2/c1-5-9-13-17-21-25-29-33-37-39-41-43-47-50-54-58-62-66-70-74-87(92)100-80-85(106-89(94)76-72-68-64-60-56-52-48-44-42-40-38-34-30-26-22-18-14-10-6-2)82-104-108(97,98)102-78-83(90)77-101-107(95,96)103-81-84(105-88(93)75-71-67-63-59-55-51-46-36-32-28-24-20-16-12-8-4)79-99-86(91)73-69-65-61-57-53-49-45-35-31-27-23-19-15-11-7-3/h9,11,13,15,21-28,33-38,41-46,53,57,83-85,90H,5-8,10,12,14,16-20,29-32,39-40,47-52,54-56,58-82H2,1-4H3,(H,95,96)(H,97,98)/b13-9-,15-11-,25-21-,26-22-,27-23-,28-24-,37-33-,38-34-,43-41-,44-42-,45-35-,46-36-,57-53-. The molecule has 0 saturated heterocycles. The van der Waals surface area contributed by atoms with Gasteiger partial charge in [-0.15, -0.1) is 0 Å². The summed E-state index contributed by atoms with van der Waals surface area (Å²) in [6, 6.07) is 0. The van der Waals surface area contributed by atoms with E-state index in [1.165, 1.54) is 38.5 Å². The van der Waals surface area contributed by atoms with Gasteiger partial charge in [-0.25, -0.2) is 9.13 Å². The van der Waals surface area contributed by atoms with E-state index in [0.717, 1.165) is 205 Å². The number of aliphatic hydroxyl groups excluding tert-OH is 1. The van der Waals surface area contributed by atoms with Gasteiger partial charge in [-0.1, -0.05) is 282 Å². The second-order valence-corrected chi connectivity index (χ2v) is 30.2. The average Bonchev–Trinajstić information content (AvgIpc) is 0.896. The summed E-state index contributed by atoms with van der Waals surface area (Å²) in [5.41, 5.74) is 0. The van der Waals surface area contributed by atoms with Crippen LogP contribution in [0.5, 0.6) is 0 Å². The van der Waals surface area contributed by atoms with E-state index in [1.807, 2.05) is 0 Å².